The topological polar surface area (TPSA) is 244 Å². The maximum absolute atomic E-state index is 9.88. The molecule has 0 saturated carbocycles. The number of hydrogen-bond donors (Lipinski definition) is 3. The van der Waals surface area contributed by atoms with E-state index in [1.165, 1.54) is 32.8 Å². The lowest BCUT2D eigenvalue weighted by atomic mass is 10.1. The van der Waals surface area contributed by atoms with Gasteiger partial charge in [0.2, 0.25) is 0 Å². The number of nitrogens with zero attached hydrogens (tertiary/aromatic N) is 15. The molecule has 27 aromatic rings. The zero-order chi connectivity index (χ0) is 91.0. The number of aryl methyl sites for hydroxylation is 1. The van der Waals surface area contributed by atoms with Gasteiger partial charge in [0.05, 0.1) is 94.9 Å². The Morgan fingerprint density at radius 3 is 1.27 bits per heavy atom. The minimum atomic E-state index is -0.833. The lowest BCUT2D eigenvalue weighted by Gasteiger charge is -2.12. The van der Waals surface area contributed by atoms with E-state index in [1.807, 2.05) is 201 Å². The molecule has 27 rings (SSSR count). The van der Waals surface area contributed by atoms with Gasteiger partial charge in [0.15, 0.2) is 0 Å². The van der Waals surface area contributed by atoms with Crippen molar-refractivity contribution in [2.24, 2.45) is 0 Å². The summed E-state index contributed by atoms with van der Waals surface area (Å²) >= 11 is 11.4. The van der Waals surface area contributed by atoms with E-state index in [0.29, 0.717) is 5.02 Å². The number of aromatic hydroxyl groups is 1. The Balaban J connectivity index is 0.000000105. The van der Waals surface area contributed by atoms with Gasteiger partial charge in [-0.25, -0.2) is 29.9 Å². The molecular formula is C110H76Br2ClIN16O5. The fourth-order valence-electron chi connectivity index (χ4n) is 17.5. The summed E-state index contributed by atoms with van der Waals surface area (Å²) in [6, 6.07) is 108. The summed E-state index contributed by atoms with van der Waals surface area (Å²) in [5.41, 5.74) is 21.0. The Labute approximate surface area is 807 Å². The molecule has 0 bridgehead atoms. The number of carboxylic acid groups (broad SMARTS) is 1. The molecule has 12 aromatic carbocycles. The molecule has 0 aliphatic rings. The van der Waals surface area contributed by atoms with Crippen molar-refractivity contribution >= 4 is 243 Å². The number of aromatic nitrogens is 16. The highest BCUT2D eigenvalue weighted by Crippen LogP contribution is 2.42. The molecule has 0 unspecified atom stereocenters. The van der Waals surface area contributed by atoms with E-state index >= 15 is 0 Å². The van der Waals surface area contributed by atoms with Gasteiger partial charge in [0, 0.05) is 142 Å². The van der Waals surface area contributed by atoms with Gasteiger partial charge in [0.25, 0.3) is 5.97 Å². The Morgan fingerprint density at radius 1 is 0.378 bits per heavy atom. The third-order valence-corrected chi connectivity index (χ3v) is 25.3. The second-order valence-corrected chi connectivity index (χ2v) is 34.1. The number of aromatic amines is 1. The summed E-state index contributed by atoms with van der Waals surface area (Å²) in [6.45, 7) is 3.17. The number of benzene rings is 12. The van der Waals surface area contributed by atoms with Crippen LogP contribution in [0, 0.1) is 10.5 Å². The fourth-order valence-corrected chi connectivity index (χ4v) is 18.3. The van der Waals surface area contributed by atoms with Crippen LogP contribution in [0.25, 0.3) is 193 Å². The Bertz CT molecular complexity index is 9180. The van der Waals surface area contributed by atoms with Crippen molar-refractivity contribution in [2.45, 2.75) is 13.8 Å². The number of H-pyrrole nitrogens is 1. The first-order valence-corrected chi connectivity index (χ1v) is 45.1. The van der Waals surface area contributed by atoms with Crippen molar-refractivity contribution in [3.8, 4) is 46.0 Å². The second kappa shape index (κ2) is 37.6. The van der Waals surface area contributed by atoms with Crippen molar-refractivity contribution in [2.75, 3.05) is 7.11 Å². The summed E-state index contributed by atoms with van der Waals surface area (Å²) < 4.78 is 25.0. The highest BCUT2D eigenvalue weighted by atomic mass is 127. The van der Waals surface area contributed by atoms with Crippen LogP contribution < -0.4 is 9.47 Å². The minimum Gasteiger partial charge on any atom is -0.508 e. The van der Waals surface area contributed by atoms with E-state index in [9.17, 15) is 5.11 Å². The number of pyridine rings is 9. The molecule has 0 fully saturated rings. The lowest BCUT2D eigenvalue weighted by molar-refractivity contribution is -0.134. The van der Waals surface area contributed by atoms with Crippen LogP contribution >= 0.6 is 67.1 Å². The summed E-state index contributed by atoms with van der Waals surface area (Å²) in [6.07, 6.45) is 18.2. The second-order valence-electron chi connectivity index (χ2n) is 31.6. The van der Waals surface area contributed by atoms with Crippen LogP contribution in [0.1, 0.15) is 12.5 Å². The number of rotatable bonds is 6. The first-order valence-electron chi connectivity index (χ1n) is 42.9. The molecule has 25 heteroatoms. The SMILES string of the molecule is Br.Brc1ccc2c3ccccc3n(-c3ccccn3)c2c1.CC(=O)O.COc1ccc2c3cnccc3n3c4ccccc4nc3c2c1.Cc1cccc(-c2nc3ccccc3[nH]2)c1.Clc1cnccc1I.Oc1ccc2c3cnccc3n3c4ccccc4nc3c2c1.c1ccc(-n2c3ccccc3c3ccc(Oc4ccc5c6cnccc6n6c7ccccc7nc6c5c4)cc32)nc1. The van der Waals surface area contributed by atoms with Crippen LogP contribution in [0.3, 0.4) is 0 Å². The zero-order valence-corrected chi connectivity index (χ0v) is 78.5. The number of methoxy groups -OCH3 is 1. The van der Waals surface area contributed by atoms with E-state index < -0.39 is 5.97 Å². The predicted octanol–water partition coefficient (Wildman–Crippen LogP) is 28.1. The first kappa shape index (κ1) is 86.9. The highest BCUT2D eigenvalue weighted by Gasteiger charge is 2.21. The number of halogens is 4. The molecule has 0 atom stereocenters. The summed E-state index contributed by atoms with van der Waals surface area (Å²) in [4.78, 5) is 57.5. The van der Waals surface area contributed by atoms with Gasteiger partial charge in [-0.15, -0.1) is 17.0 Å². The molecule has 0 amide bonds. The van der Waals surface area contributed by atoms with Gasteiger partial charge in [-0.2, -0.15) is 0 Å². The van der Waals surface area contributed by atoms with E-state index in [1.54, 1.807) is 37.8 Å². The quantitative estimate of drug-likeness (QED) is 0.104. The number of imidazole rings is 4. The predicted molar refractivity (Wildman–Crippen MR) is 562 cm³/mol. The van der Waals surface area contributed by atoms with Crippen LogP contribution in [0.5, 0.6) is 23.0 Å². The monoisotopic (exact) mass is 2020 g/mol. The molecule has 15 heterocycles. The first-order chi connectivity index (χ1) is 65.7. The van der Waals surface area contributed by atoms with E-state index in [0.717, 1.165) is 198 Å². The Hall–Kier alpha value is -16.1. The van der Waals surface area contributed by atoms with Gasteiger partial charge in [-0.3, -0.25) is 47.1 Å². The number of fused-ring (bicyclic) bond motifs is 31. The Morgan fingerprint density at radius 2 is 0.793 bits per heavy atom. The van der Waals surface area contributed by atoms with Crippen molar-refractivity contribution in [1.82, 2.24) is 77.2 Å². The van der Waals surface area contributed by atoms with Gasteiger partial charge in [-0.1, -0.05) is 154 Å². The van der Waals surface area contributed by atoms with Crippen molar-refractivity contribution in [3.63, 3.8) is 0 Å². The molecule has 135 heavy (non-hydrogen) atoms. The average Bonchev–Trinajstić information content (AvgIpc) is 1.89. The van der Waals surface area contributed by atoms with Crippen LogP contribution in [0.4, 0.5) is 0 Å². The third-order valence-electron chi connectivity index (χ3n) is 23.3. The highest BCUT2D eigenvalue weighted by molar-refractivity contribution is 14.1. The van der Waals surface area contributed by atoms with Gasteiger partial charge < -0.3 is 24.7 Å². The van der Waals surface area contributed by atoms with Gasteiger partial charge >= 0.3 is 0 Å². The summed E-state index contributed by atoms with van der Waals surface area (Å²) in [5, 5.41) is 32.4. The standard InChI is InChI=1S/C35H21N5O.C19H13N3O.C18H11N3O.C17H11BrN2.C14H12N2.C5H3ClIN.C2H4O2.BrH/c1-3-9-30-25(7-1)26-15-13-23(20-33(26)39(30)34-11-5-6-17-37-34)41-22-12-14-24-27(19-22)35-38-29-8-2-4-10-32(29)40(35)31-16-18-36-21-28(24)31;1-23-12-6-7-13-14(10-12)19-21-16-4-2-3-5-18(16)22(19)17-8-9-20-11-15(13)17;22-11-5-6-12-13(9-11)18-20-15-3-1-2-4-17(15)21(18)16-7-8-19-10-14(12)16;18-12-8-9-14-13-5-1-2-6-15(13)20(16(14)11-12)17-7-3-4-10-19-17;1-10-5-4-6-11(9-10)14-15-12-7-2-3-8-13(12)16-14;6-4-3-8-2-1-5(4)7;1-2(3)4;/h1-21H;2-11H,1H3;1-10,22H;1-11H;2-9H,1H3,(H,15,16);1-3H;1H3,(H,3,4);1H. The number of para-hydroxylation sites is 10. The van der Waals surface area contributed by atoms with Gasteiger partial charge in [0.1, 0.15) is 57.4 Å². The molecule has 0 spiro atoms. The average molecular weight is 2020 g/mol. The van der Waals surface area contributed by atoms with Crippen molar-refractivity contribution in [3.05, 3.63) is 402 Å². The van der Waals surface area contributed by atoms with Crippen LogP contribution in [-0.2, 0) is 4.79 Å². The van der Waals surface area contributed by atoms with E-state index in [4.69, 9.17) is 45.9 Å². The van der Waals surface area contributed by atoms with Crippen LogP contribution in [0.15, 0.2) is 388 Å². The molecule has 654 valence electrons. The molecule has 0 radical (unpaired) electrons. The summed E-state index contributed by atoms with van der Waals surface area (Å²) in [5.74, 6) is 4.48. The molecular weight excluding hydrogens is 1950 g/mol. The maximum atomic E-state index is 9.88. The number of ether oxygens (including phenoxy) is 2. The van der Waals surface area contributed by atoms with Crippen molar-refractivity contribution < 1.29 is 24.5 Å². The molecule has 0 aliphatic carbocycles. The van der Waals surface area contributed by atoms with E-state index in [-0.39, 0.29) is 22.7 Å². The van der Waals surface area contributed by atoms with Crippen molar-refractivity contribution in [1.29, 1.82) is 0 Å². The molecule has 21 nitrogen and oxygen atoms in total. The van der Waals surface area contributed by atoms with E-state index in [2.05, 4.69) is 259 Å². The molecule has 0 aliphatic heterocycles. The number of phenols is 1. The maximum Gasteiger partial charge on any atom is 0.300 e. The van der Waals surface area contributed by atoms with Crippen LogP contribution in [-0.4, -0.2) is 100 Å². The lowest BCUT2D eigenvalue weighted by Crippen LogP contribution is -1.96. The van der Waals surface area contributed by atoms with Crippen LogP contribution in [0.2, 0.25) is 5.02 Å². The number of carboxylic acids is 1. The largest absolute Gasteiger partial charge is 0.508 e. The molecule has 15 aromatic heterocycles. The molecule has 3 N–H and O–H groups in total. The normalized spacial score (nSPS) is 11.2. The zero-order valence-electron chi connectivity index (χ0n) is 72.2. The smallest absolute Gasteiger partial charge is 0.300 e. The summed E-state index contributed by atoms with van der Waals surface area (Å²) in [7, 11) is 1.68. The molecule has 0 saturated heterocycles. The fraction of sp³-hybridized carbons (Fsp3) is 0.0273. The van der Waals surface area contributed by atoms with Gasteiger partial charge in [-0.05, 0) is 240 Å². The number of hydrogen-bond acceptors (Lipinski definition) is 14. The third kappa shape index (κ3) is 16.8. The number of phenolic OH excluding ortho intramolecular Hbond substituents is 1. The number of carbonyl (C=O) groups is 1. The Kier molecular flexibility index (Phi) is 24.2. The number of nitrogens with one attached hydrogen (secondary N) is 1. The minimum absolute atomic E-state index is 0. The number of aliphatic carboxylic acids is 1.